The maximum atomic E-state index is 12.8. The minimum absolute atomic E-state index is 0.0290. The number of nitrogens with zero attached hydrogens (tertiary/aromatic N) is 3. The molecule has 0 aromatic carbocycles. The summed E-state index contributed by atoms with van der Waals surface area (Å²) in [7, 11) is -3.12. The molecule has 29 heavy (non-hydrogen) atoms. The van der Waals surface area contributed by atoms with E-state index in [-0.39, 0.29) is 29.5 Å². The van der Waals surface area contributed by atoms with Gasteiger partial charge >= 0.3 is 5.97 Å². The van der Waals surface area contributed by atoms with Gasteiger partial charge in [-0.05, 0) is 44.7 Å². The lowest BCUT2D eigenvalue weighted by atomic mass is 10.1. The SMILES string of the molecule is CC[C@@H](C)N(C(=O)COC(=O)c1cccnc1N1CCCC1)[C@@H]1CCS(=O)(=O)C1. The second kappa shape index (κ2) is 9.11. The summed E-state index contributed by atoms with van der Waals surface area (Å²) in [5.74, 6) is -0.299. The van der Waals surface area contributed by atoms with E-state index in [1.807, 2.05) is 18.7 Å². The summed E-state index contributed by atoms with van der Waals surface area (Å²) < 4.78 is 29.0. The lowest BCUT2D eigenvalue weighted by molar-refractivity contribution is -0.138. The van der Waals surface area contributed by atoms with Crippen molar-refractivity contribution in [2.45, 2.75) is 51.6 Å². The molecule has 0 radical (unpaired) electrons. The van der Waals surface area contributed by atoms with Gasteiger partial charge in [-0.15, -0.1) is 0 Å². The van der Waals surface area contributed by atoms with Crippen LogP contribution in [-0.4, -0.2) is 73.5 Å². The molecule has 3 heterocycles. The number of aromatic nitrogens is 1. The standard InChI is InChI=1S/C20H29N3O5S/c1-3-15(2)23(16-8-12-29(26,27)14-16)18(24)13-28-20(25)17-7-6-9-21-19(17)22-10-4-5-11-22/h6-7,9,15-16H,3-5,8,10-14H2,1-2H3/t15-,16-/m1/s1. The first-order chi connectivity index (χ1) is 13.8. The zero-order chi connectivity index (χ0) is 21.0. The van der Waals surface area contributed by atoms with Crippen molar-refractivity contribution in [3.05, 3.63) is 23.9 Å². The molecule has 2 saturated heterocycles. The zero-order valence-electron chi connectivity index (χ0n) is 17.0. The average molecular weight is 424 g/mol. The summed E-state index contributed by atoms with van der Waals surface area (Å²) in [6.07, 6.45) is 4.86. The first-order valence-corrected chi connectivity index (χ1v) is 12.0. The van der Waals surface area contributed by atoms with E-state index < -0.39 is 22.4 Å². The maximum Gasteiger partial charge on any atom is 0.342 e. The number of anilines is 1. The molecule has 0 bridgehead atoms. The third-order valence-corrected chi connectivity index (χ3v) is 7.44. The number of esters is 1. The van der Waals surface area contributed by atoms with Crippen molar-refractivity contribution >= 4 is 27.5 Å². The fourth-order valence-electron chi connectivity index (χ4n) is 4.02. The van der Waals surface area contributed by atoms with Crippen molar-refractivity contribution in [3.63, 3.8) is 0 Å². The van der Waals surface area contributed by atoms with Crippen molar-refractivity contribution in [3.8, 4) is 0 Å². The molecule has 160 valence electrons. The van der Waals surface area contributed by atoms with Gasteiger partial charge in [0, 0.05) is 31.4 Å². The third kappa shape index (κ3) is 5.07. The third-order valence-electron chi connectivity index (χ3n) is 5.69. The van der Waals surface area contributed by atoms with E-state index in [0.29, 0.717) is 24.2 Å². The molecule has 2 fully saturated rings. The molecule has 2 aliphatic heterocycles. The lowest BCUT2D eigenvalue weighted by Gasteiger charge is -2.33. The second-order valence-electron chi connectivity index (χ2n) is 7.76. The van der Waals surface area contributed by atoms with Crippen LogP contribution in [0.4, 0.5) is 5.82 Å². The molecule has 1 amide bonds. The van der Waals surface area contributed by atoms with Crippen molar-refractivity contribution in [2.24, 2.45) is 0 Å². The molecule has 1 aromatic rings. The van der Waals surface area contributed by atoms with E-state index in [0.717, 1.165) is 25.9 Å². The Morgan fingerprint density at radius 1 is 1.34 bits per heavy atom. The van der Waals surface area contributed by atoms with E-state index >= 15 is 0 Å². The van der Waals surface area contributed by atoms with Gasteiger partial charge < -0.3 is 14.5 Å². The maximum absolute atomic E-state index is 12.8. The molecule has 3 rings (SSSR count). The highest BCUT2D eigenvalue weighted by atomic mass is 32.2. The molecule has 9 heteroatoms. The van der Waals surface area contributed by atoms with E-state index in [4.69, 9.17) is 4.74 Å². The van der Waals surface area contributed by atoms with Crippen LogP contribution < -0.4 is 4.90 Å². The summed E-state index contributed by atoms with van der Waals surface area (Å²) in [5, 5.41) is 0. The summed E-state index contributed by atoms with van der Waals surface area (Å²) in [6.45, 7) is 5.10. The normalized spacial score (nSPS) is 21.7. The predicted octanol–water partition coefficient (Wildman–Crippen LogP) is 1.65. The molecular weight excluding hydrogens is 394 g/mol. The highest BCUT2D eigenvalue weighted by Crippen LogP contribution is 2.24. The Kier molecular flexibility index (Phi) is 6.77. The van der Waals surface area contributed by atoms with Crippen molar-refractivity contribution in [2.75, 3.05) is 36.1 Å². The van der Waals surface area contributed by atoms with Crippen LogP contribution in [0.15, 0.2) is 18.3 Å². The largest absolute Gasteiger partial charge is 0.452 e. The minimum atomic E-state index is -3.12. The lowest BCUT2D eigenvalue weighted by Crippen LogP contribution is -2.48. The van der Waals surface area contributed by atoms with E-state index in [1.165, 1.54) is 0 Å². The van der Waals surface area contributed by atoms with Crippen molar-refractivity contribution in [1.29, 1.82) is 0 Å². The monoisotopic (exact) mass is 423 g/mol. The molecule has 8 nitrogen and oxygen atoms in total. The number of pyridine rings is 1. The predicted molar refractivity (Wildman–Crippen MR) is 110 cm³/mol. The van der Waals surface area contributed by atoms with Crippen LogP contribution in [0.25, 0.3) is 0 Å². The fourth-order valence-corrected chi connectivity index (χ4v) is 5.73. The van der Waals surface area contributed by atoms with Gasteiger partial charge in [0.25, 0.3) is 5.91 Å². The van der Waals surface area contributed by atoms with E-state index in [9.17, 15) is 18.0 Å². The van der Waals surface area contributed by atoms with Crippen LogP contribution in [0.3, 0.4) is 0 Å². The Morgan fingerprint density at radius 2 is 2.07 bits per heavy atom. The first kappa shape index (κ1) is 21.5. The van der Waals surface area contributed by atoms with E-state index in [2.05, 4.69) is 4.98 Å². The zero-order valence-corrected chi connectivity index (χ0v) is 17.9. The number of carbonyl (C=O) groups excluding carboxylic acids is 2. The van der Waals surface area contributed by atoms with Gasteiger partial charge in [-0.1, -0.05) is 6.92 Å². The molecule has 2 aliphatic rings. The minimum Gasteiger partial charge on any atom is -0.452 e. The number of amides is 1. The summed E-state index contributed by atoms with van der Waals surface area (Å²) in [6, 6.07) is 2.84. The number of hydrogen-bond acceptors (Lipinski definition) is 7. The Bertz CT molecular complexity index is 851. The second-order valence-corrected chi connectivity index (χ2v) is 9.99. The highest BCUT2D eigenvalue weighted by Gasteiger charge is 2.37. The Hall–Kier alpha value is -2.16. The molecule has 0 N–H and O–H groups in total. The molecule has 1 aromatic heterocycles. The Balaban J connectivity index is 1.68. The molecule has 0 unspecified atom stereocenters. The van der Waals surface area contributed by atoms with Crippen LogP contribution in [0.5, 0.6) is 0 Å². The van der Waals surface area contributed by atoms with Crippen LogP contribution in [0, 0.1) is 0 Å². The van der Waals surface area contributed by atoms with Crippen LogP contribution in [-0.2, 0) is 19.4 Å². The Morgan fingerprint density at radius 3 is 2.69 bits per heavy atom. The summed E-state index contributed by atoms with van der Waals surface area (Å²) in [4.78, 5) is 33.5. The molecule has 0 spiro atoms. The van der Waals surface area contributed by atoms with Crippen molar-refractivity contribution < 1.29 is 22.7 Å². The smallest absolute Gasteiger partial charge is 0.342 e. The molecule has 0 saturated carbocycles. The molecule has 2 atom stereocenters. The van der Waals surface area contributed by atoms with Crippen LogP contribution in [0.1, 0.15) is 49.9 Å². The quantitative estimate of drug-likeness (QED) is 0.615. The number of ether oxygens (including phenoxy) is 1. The van der Waals surface area contributed by atoms with Crippen molar-refractivity contribution in [1.82, 2.24) is 9.88 Å². The molecule has 0 aliphatic carbocycles. The average Bonchev–Trinajstić information content (AvgIpc) is 3.36. The summed E-state index contributed by atoms with van der Waals surface area (Å²) >= 11 is 0. The fraction of sp³-hybridized carbons (Fsp3) is 0.650. The van der Waals surface area contributed by atoms with Crippen LogP contribution >= 0.6 is 0 Å². The van der Waals surface area contributed by atoms with Gasteiger partial charge in [-0.25, -0.2) is 18.2 Å². The van der Waals surface area contributed by atoms with Gasteiger partial charge in [-0.3, -0.25) is 4.79 Å². The number of sulfone groups is 1. The summed E-state index contributed by atoms with van der Waals surface area (Å²) in [5.41, 5.74) is 0.348. The van der Waals surface area contributed by atoms with E-state index in [1.54, 1.807) is 23.2 Å². The van der Waals surface area contributed by atoms with Gasteiger partial charge in [-0.2, -0.15) is 0 Å². The first-order valence-electron chi connectivity index (χ1n) is 10.2. The van der Waals surface area contributed by atoms with Crippen LogP contribution in [0.2, 0.25) is 0 Å². The van der Waals surface area contributed by atoms with Gasteiger partial charge in [0.05, 0.1) is 11.5 Å². The topological polar surface area (TPSA) is 96.9 Å². The number of carbonyl (C=O) groups is 2. The van der Waals surface area contributed by atoms with Gasteiger partial charge in [0.15, 0.2) is 16.4 Å². The van der Waals surface area contributed by atoms with Gasteiger partial charge in [0.2, 0.25) is 0 Å². The highest BCUT2D eigenvalue weighted by molar-refractivity contribution is 7.91. The Labute approximate surface area is 172 Å². The van der Waals surface area contributed by atoms with Gasteiger partial charge in [0.1, 0.15) is 11.4 Å². The number of hydrogen-bond donors (Lipinski definition) is 0. The number of rotatable bonds is 7. The molecular formula is C20H29N3O5S.